The number of nitrogens with zero attached hydrogens (tertiary/aromatic N) is 2. The molecule has 1 saturated heterocycles. The lowest BCUT2D eigenvalue weighted by Crippen LogP contribution is -2.48. The van der Waals surface area contributed by atoms with Gasteiger partial charge >= 0.3 is 0 Å². The predicted octanol–water partition coefficient (Wildman–Crippen LogP) is 2.43. The molecule has 1 aliphatic rings. The van der Waals surface area contributed by atoms with Crippen molar-refractivity contribution in [1.82, 2.24) is 15.1 Å². The monoisotopic (exact) mass is 329 g/mol. The van der Waals surface area contributed by atoms with Crippen LogP contribution < -0.4 is 5.32 Å². The molecule has 1 aromatic heterocycles. The summed E-state index contributed by atoms with van der Waals surface area (Å²) in [6.45, 7) is 9.45. The van der Waals surface area contributed by atoms with Gasteiger partial charge < -0.3 is 10.2 Å². The molecule has 1 aliphatic heterocycles. The number of hydrogen-bond acceptors (Lipinski definition) is 4. The minimum Gasteiger partial charge on any atom is -0.340 e. The quantitative estimate of drug-likeness (QED) is 0.870. The Kier molecular flexibility index (Phi) is 6.48. The summed E-state index contributed by atoms with van der Waals surface area (Å²) in [4.78, 5) is 17.8. The van der Waals surface area contributed by atoms with Crippen LogP contribution in [0.5, 0.6) is 0 Å². The van der Waals surface area contributed by atoms with Gasteiger partial charge in [0.25, 0.3) is 0 Å². The van der Waals surface area contributed by atoms with Crippen molar-refractivity contribution in [1.29, 1.82) is 0 Å². The molecular weight excluding hydrogens is 306 g/mol. The van der Waals surface area contributed by atoms with E-state index in [2.05, 4.69) is 30.1 Å². The summed E-state index contributed by atoms with van der Waals surface area (Å²) in [7, 11) is 0. The number of halogens is 1. The first-order chi connectivity index (χ1) is 10.0. The second-order valence-electron chi connectivity index (χ2n) is 5.72. The molecule has 0 bridgehead atoms. The number of piperazine rings is 1. The minimum absolute atomic E-state index is 0.266. The Labute approximate surface area is 136 Å². The minimum atomic E-state index is 0.266. The molecule has 0 aliphatic carbocycles. The summed E-state index contributed by atoms with van der Waals surface area (Å²) < 4.78 is 0.844. The maximum atomic E-state index is 12.1. The van der Waals surface area contributed by atoms with Gasteiger partial charge in [-0.25, -0.2) is 0 Å². The number of thiophene rings is 1. The Hall–Kier alpha value is -0.620. The molecule has 2 rings (SSSR count). The fourth-order valence-electron chi connectivity index (χ4n) is 2.44. The maximum absolute atomic E-state index is 12.1. The molecule has 1 N–H and O–H groups in total. The average Bonchev–Trinajstić information content (AvgIpc) is 2.84. The van der Waals surface area contributed by atoms with Gasteiger partial charge in [-0.05, 0) is 12.1 Å². The highest BCUT2D eigenvalue weighted by molar-refractivity contribution is 7.16. The molecule has 1 fully saturated rings. The zero-order valence-corrected chi connectivity index (χ0v) is 14.3. The van der Waals surface area contributed by atoms with Crippen LogP contribution in [0, 0.1) is 0 Å². The highest BCUT2D eigenvalue weighted by Gasteiger charge is 2.21. The van der Waals surface area contributed by atoms with E-state index in [9.17, 15) is 4.79 Å². The van der Waals surface area contributed by atoms with E-state index in [0.717, 1.165) is 43.6 Å². The van der Waals surface area contributed by atoms with E-state index in [0.29, 0.717) is 12.5 Å². The van der Waals surface area contributed by atoms with Gasteiger partial charge in [0, 0.05) is 56.6 Å². The summed E-state index contributed by atoms with van der Waals surface area (Å²) in [5.74, 6) is 0.266. The molecule has 0 spiro atoms. The molecule has 0 saturated carbocycles. The second-order valence-corrected chi connectivity index (χ2v) is 7.52. The van der Waals surface area contributed by atoms with E-state index < -0.39 is 0 Å². The van der Waals surface area contributed by atoms with Crippen LogP contribution in [0.25, 0.3) is 0 Å². The van der Waals surface area contributed by atoms with E-state index >= 15 is 0 Å². The van der Waals surface area contributed by atoms with E-state index in [1.54, 1.807) is 11.3 Å². The largest absolute Gasteiger partial charge is 0.340 e. The van der Waals surface area contributed by atoms with Crippen molar-refractivity contribution in [2.24, 2.45) is 0 Å². The first-order valence-corrected chi connectivity index (χ1v) is 8.72. The Balaban J connectivity index is 1.69. The molecule has 6 heteroatoms. The third kappa shape index (κ3) is 5.58. The Bertz CT molecular complexity index is 456. The van der Waals surface area contributed by atoms with Gasteiger partial charge in [0.1, 0.15) is 0 Å². The van der Waals surface area contributed by atoms with Gasteiger partial charge in [0.2, 0.25) is 5.91 Å². The first-order valence-electron chi connectivity index (χ1n) is 7.52. The van der Waals surface area contributed by atoms with Crippen LogP contribution in [-0.2, 0) is 11.3 Å². The lowest BCUT2D eigenvalue weighted by atomic mass is 10.2. The fraction of sp³-hybridized carbons (Fsp3) is 0.667. The van der Waals surface area contributed by atoms with Gasteiger partial charge in [0.05, 0.1) is 4.34 Å². The number of nitrogens with one attached hydrogen (secondary N) is 1. The van der Waals surface area contributed by atoms with E-state index in [1.807, 2.05) is 11.0 Å². The Morgan fingerprint density at radius 3 is 2.62 bits per heavy atom. The number of amides is 1. The summed E-state index contributed by atoms with van der Waals surface area (Å²) in [6, 6.07) is 4.47. The van der Waals surface area contributed by atoms with Crippen LogP contribution >= 0.6 is 22.9 Å². The van der Waals surface area contributed by atoms with Crippen LogP contribution in [0.1, 0.15) is 25.1 Å². The third-order valence-electron chi connectivity index (χ3n) is 3.62. The summed E-state index contributed by atoms with van der Waals surface area (Å²) in [5, 5.41) is 3.29. The van der Waals surface area contributed by atoms with E-state index in [1.165, 1.54) is 4.88 Å². The normalized spacial score (nSPS) is 16.7. The molecule has 4 nitrogen and oxygen atoms in total. The fourth-order valence-corrected chi connectivity index (χ4v) is 3.57. The van der Waals surface area contributed by atoms with Crippen molar-refractivity contribution in [2.45, 2.75) is 32.9 Å². The van der Waals surface area contributed by atoms with Crippen LogP contribution in [0.15, 0.2) is 12.1 Å². The predicted molar refractivity (Wildman–Crippen MR) is 88.9 cm³/mol. The Morgan fingerprint density at radius 1 is 1.33 bits per heavy atom. The van der Waals surface area contributed by atoms with Crippen molar-refractivity contribution in [3.05, 3.63) is 21.3 Å². The SMILES string of the molecule is CC(C)NCCC(=O)N1CCN(Cc2ccc(Cl)s2)CC1. The van der Waals surface area contributed by atoms with E-state index in [-0.39, 0.29) is 5.91 Å². The lowest BCUT2D eigenvalue weighted by Gasteiger charge is -2.34. The van der Waals surface area contributed by atoms with Crippen molar-refractivity contribution in [2.75, 3.05) is 32.7 Å². The van der Waals surface area contributed by atoms with Crippen LogP contribution in [0.2, 0.25) is 4.34 Å². The highest BCUT2D eigenvalue weighted by atomic mass is 35.5. The van der Waals surface area contributed by atoms with Crippen LogP contribution in [0.3, 0.4) is 0 Å². The molecule has 21 heavy (non-hydrogen) atoms. The standard InChI is InChI=1S/C15H24ClN3OS/c1-12(2)17-6-5-15(20)19-9-7-18(8-10-19)11-13-3-4-14(16)21-13/h3-4,12,17H,5-11H2,1-2H3. The van der Waals surface area contributed by atoms with Gasteiger partial charge in [-0.3, -0.25) is 9.69 Å². The van der Waals surface area contributed by atoms with Gasteiger partial charge in [-0.2, -0.15) is 0 Å². The first kappa shape index (κ1) is 16.7. The molecule has 0 radical (unpaired) electrons. The molecule has 0 aromatic carbocycles. The van der Waals surface area contributed by atoms with Gasteiger partial charge in [-0.15, -0.1) is 11.3 Å². The summed E-state index contributed by atoms with van der Waals surface area (Å²) in [5.41, 5.74) is 0. The van der Waals surface area contributed by atoms with E-state index in [4.69, 9.17) is 11.6 Å². The topological polar surface area (TPSA) is 35.6 Å². The Morgan fingerprint density at radius 2 is 2.05 bits per heavy atom. The maximum Gasteiger partial charge on any atom is 0.223 e. The number of rotatable bonds is 6. The van der Waals surface area contributed by atoms with Crippen molar-refractivity contribution in [3.63, 3.8) is 0 Å². The molecule has 1 amide bonds. The molecular formula is C15H24ClN3OS. The van der Waals surface area contributed by atoms with Crippen molar-refractivity contribution >= 4 is 28.8 Å². The van der Waals surface area contributed by atoms with Crippen LogP contribution in [-0.4, -0.2) is 54.5 Å². The second kappa shape index (κ2) is 8.13. The average molecular weight is 330 g/mol. The smallest absolute Gasteiger partial charge is 0.223 e. The van der Waals surface area contributed by atoms with Crippen LogP contribution in [0.4, 0.5) is 0 Å². The molecule has 118 valence electrons. The molecule has 0 unspecified atom stereocenters. The molecule has 0 atom stereocenters. The summed E-state index contributed by atoms with van der Waals surface area (Å²) in [6.07, 6.45) is 0.596. The zero-order chi connectivity index (χ0) is 15.2. The van der Waals surface area contributed by atoms with Gasteiger partial charge in [0.15, 0.2) is 0 Å². The number of carbonyl (C=O) groups is 1. The third-order valence-corrected chi connectivity index (χ3v) is 4.84. The zero-order valence-electron chi connectivity index (χ0n) is 12.8. The van der Waals surface area contributed by atoms with Crippen molar-refractivity contribution < 1.29 is 4.79 Å². The van der Waals surface area contributed by atoms with Crippen molar-refractivity contribution in [3.8, 4) is 0 Å². The summed E-state index contributed by atoms with van der Waals surface area (Å²) >= 11 is 7.59. The molecule has 2 heterocycles. The highest BCUT2D eigenvalue weighted by Crippen LogP contribution is 2.23. The molecule has 1 aromatic rings. The number of carbonyl (C=O) groups excluding carboxylic acids is 1. The lowest BCUT2D eigenvalue weighted by molar-refractivity contribution is -0.132. The number of hydrogen-bond donors (Lipinski definition) is 1. The van der Waals surface area contributed by atoms with Gasteiger partial charge in [-0.1, -0.05) is 25.4 Å².